The third-order valence-corrected chi connectivity index (χ3v) is 13.2. The number of methoxy groups -OCH3 is 1. The number of carbonyl (C=O) groups is 2. The molecule has 0 amide bonds. The zero-order valence-corrected chi connectivity index (χ0v) is 38.6. The summed E-state index contributed by atoms with van der Waals surface area (Å²) >= 11 is 23.0. The predicted octanol–water partition coefficient (Wildman–Crippen LogP) is 8.76. The lowest BCUT2D eigenvalue weighted by atomic mass is 10.1. The molecule has 0 saturated carbocycles. The highest BCUT2D eigenvalue weighted by molar-refractivity contribution is 7.93. The molecule has 6 aromatic rings. The molecule has 354 valence electrons. The van der Waals surface area contributed by atoms with Crippen molar-refractivity contribution in [2.24, 2.45) is 0 Å². The first-order chi connectivity index (χ1) is 31.1. The topological polar surface area (TPSA) is 207 Å². The first-order valence-corrected chi connectivity index (χ1v) is 22.6. The number of alkyl halides is 6. The van der Waals surface area contributed by atoms with Gasteiger partial charge in [0, 0.05) is 68.7 Å². The van der Waals surface area contributed by atoms with Crippen LogP contribution in [0.1, 0.15) is 54.6 Å². The zero-order chi connectivity index (χ0) is 50.0. The van der Waals surface area contributed by atoms with Crippen molar-refractivity contribution in [3.8, 4) is 0 Å². The van der Waals surface area contributed by atoms with Crippen molar-refractivity contribution in [3.05, 3.63) is 173 Å². The van der Waals surface area contributed by atoms with Gasteiger partial charge in [-0.3, -0.25) is 14.3 Å². The number of anilines is 2. The number of aryl methyl sites for hydroxylation is 2. The van der Waals surface area contributed by atoms with E-state index in [1.165, 1.54) is 38.1 Å². The highest BCUT2D eigenvalue weighted by Gasteiger charge is 2.38. The molecule has 0 aliphatic heterocycles. The van der Waals surface area contributed by atoms with E-state index < -0.39 is 81.7 Å². The van der Waals surface area contributed by atoms with Gasteiger partial charge in [0.1, 0.15) is 18.1 Å². The molecule has 0 fully saturated rings. The maximum atomic E-state index is 13.4. The van der Waals surface area contributed by atoms with Crippen LogP contribution in [-0.4, -0.2) is 52.2 Å². The Morgan fingerprint density at radius 3 is 1.61 bits per heavy atom. The highest BCUT2D eigenvalue weighted by atomic mass is 35.5. The van der Waals surface area contributed by atoms with E-state index in [1.807, 2.05) is 4.72 Å². The summed E-state index contributed by atoms with van der Waals surface area (Å²) in [6.45, 7) is 2.23. The molecular weight excluding hydrogens is 1030 g/mol. The molecule has 1 N–H and O–H groups in total. The van der Waals surface area contributed by atoms with Crippen LogP contribution in [0, 0.1) is 24.3 Å². The molecule has 0 unspecified atom stereocenters. The van der Waals surface area contributed by atoms with Crippen LogP contribution in [0.15, 0.2) is 107 Å². The Labute approximate surface area is 396 Å². The largest absolute Gasteiger partial charge is 0.619 e. The summed E-state index contributed by atoms with van der Waals surface area (Å²) in [4.78, 5) is 32.4. The molecule has 6 rings (SSSR count). The van der Waals surface area contributed by atoms with E-state index in [0.717, 1.165) is 68.3 Å². The van der Waals surface area contributed by atoms with Crippen molar-refractivity contribution in [1.29, 1.82) is 0 Å². The lowest BCUT2D eigenvalue weighted by Gasteiger charge is -2.25. The second-order valence-corrected chi connectivity index (χ2v) is 18.9. The van der Waals surface area contributed by atoms with Gasteiger partial charge < -0.3 is 15.2 Å². The van der Waals surface area contributed by atoms with Gasteiger partial charge in [-0.1, -0.05) is 46.4 Å². The minimum absolute atomic E-state index is 0.0197. The number of halogens is 10. The van der Waals surface area contributed by atoms with Crippen LogP contribution in [0.5, 0.6) is 0 Å². The average molecular weight is 1060 g/mol. The Bertz CT molecular complexity index is 3150. The van der Waals surface area contributed by atoms with Crippen molar-refractivity contribution in [1.82, 2.24) is 9.97 Å². The number of nitrogens with zero attached hydrogens (tertiary/aromatic N) is 5. The van der Waals surface area contributed by atoms with Gasteiger partial charge in [-0.05, 0) is 48.5 Å². The number of ketones is 2. The summed E-state index contributed by atoms with van der Waals surface area (Å²) in [5, 5.41) is 21.7. The second kappa shape index (κ2) is 20.2. The Morgan fingerprint density at radius 2 is 1.13 bits per heavy atom. The first-order valence-electron chi connectivity index (χ1n) is 18.1. The van der Waals surface area contributed by atoms with Crippen molar-refractivity contribution in [3.63, 3.8) is 0 Å². The van der Waals surface area contributed by atoms with Crippen LogP contribution in [-0.2, 0) is 37.1 Å². The van der Waals surface area contributed by atoms with Crippen molar-refractivity contribution < 1.29 is 67.0 Å². The third kappa shape index (κ3) is 12.0. The third-order valence-electron chi connectivity index (χ3n) is 8.99. The first kappa shape index (κ1) is 52.2. The van der Waals surface area contributed by atoms with E-state index in [0.29, 0.717) is 25.9 Å². The smallest absolute Gasteiger partial charge is 0.417 e. The van der Waals surface area contributed by atoms with Crippen LogP contribution in [0.3, 0.4) is 0 Å². The van der Waals surface area contributed by atoms with Crippen LogP contribution in [0.25, 0.3) is 0 Å². The summed E-state index contributed by atoms with van der Waals surface area (Å²) in [5.74, 6) is -1.50. The van der Waals surface area contributed by atoms with Gasteiger partial charge in [-0.2, -0.15) is 35.8 Å². The molecule has 0 radical (unpaired) electrons. The normalized spacial score (nSPS) is 12.0. The molecule has 2 aromatic carbocycles. The number of nitrogens with one attached hydrogen (secondary N) is 1. The maximum Gasteiger partial charge on any atom is 0.417 e. The minimum Gasteiger partial charge on any atom is -0.619 e. The lowest BCUT2D eigenvalue weighted by molar-refractivity contribution is -0.612. The minimum atomic E-state index is -4.92. The summed E-state index contributed by atoms with van der Waals surface area (Å²) in [7, 11) is -8.19. The maximum absolute atomic E-state index is 13.4. The predicted molar refractivity (Wildman–Crippen MR) is 231 cm³/mol. The summed E-state index contributed by atoms with van der Waals surface area (Å²) in [6.07, 6.45) is -5.42. The standard InChI is InChI=1S/C21H16Cl2F3N3O5S.C19H12Cl2F3N3O4S/c1-12-7-13(5-6-28(12)31)20(30)19-18(8-14(22)10-27-19)29(11-34-2)35(32,33)15-3-4-17(23)16(9-15)21(24,25)26;1-10-6-11(4-5-27(10)29)18(28)17-16(7-12(20)9-25-17)26-32(30,31)13-2-3-15(21)14(8-13)19(22,23)24/h3-10H,11H2,1-2H3;2-9,26H,1H3. The highest BCUT2D eigenvalue weighted by Crippen LogP contribution is 2.39. The zero-order valence-electron chi connectivity index (χ0n) is 34.0. The van der Waals surface area contributed by atoms with Gasteiger partial charge >= 0.3 is 12.4 Å². The molecule has 4 heterocycles. The van der Waals surface area contributed by atoms with Gasteiger partial charge in [0.25, 0.3) is 20.0 Å². The number of ether oxygens (including phenoxy) is 1. The van der Waals surface area contributed by atoms with Gasteiger partial charge in [0.2, 0.25) is 11.6 Å². The van der Waals surface area contributed by atoms with E-state index in [2.05, 4.69) is 9.97 Å². The molecule has 0 atom stereocenters. The Balaban J connectivity index is 0.000000252. The van der Waals surface area contributed by atoms with Gasteiger partial charge in [0.05, 0.1) is 52.4 Å². The molecule has 0 aliphatic carbocycles. The number of hydrogen-bond donors (Lipinski definition) is 1. The Morgan fingerprint density at radius 1 is 0.687 bits per heavy atom. The second-order valence-electron chi connectivity index (χ2n) is 13.7. The monoisotopic (exact) mass is 1050 g/mol. The number of pyridine rings is 4. The summed E-state index contributed by atoms with van der Waals surface area (Å²) in [5.41, 5.74) is -3.71. The van der Waals surface area contributed by atoms with Crippen molar-refractivity contribution in [2.75, 3.05) is 22.9 Å². The van der Waals surface area contributed by atoms with E-state index in [9.17, 15) is 63.2 Å². The average Bonchev–Trinajstić information content (AvgIpc) is 3.23. The number of aromatic nitrogens is 4. The lowest BCUT2D eigenvalue weighted by Crippen LogP contribution is -2.35. The summed E-state index contributed by atoms with van der Waals surface area (Å²) in [6, 6.07) is 11.3. The van der Waals surface area contributed by atoms with Crippen molar-refractivity contribution >= 4 is 89.4 Å². The van der Waals surface area contributed by atoms with E-state index in [4.69, 9.17) is 51.1 Å². The van der Waals surface area contributed by atoms with Gasteiger partial charge in [0.15, 0.2) is 23.8 Å². The number of sulfonamides is 2. The fraction of sp³-hybridized carbons (Fsp3) is 0.150. The van der Waals surface area contributed by atoms with Crippen LogP contribution >= 0.6 is 46.4 Å². The van der Waals surface area contributed by atoms with Crippen molar-refractivity contribution in [2.45, 2.75) is 36.0 Å². The Hall–Kier alpha value is -5.82. The van der Waals surface area contributed by atoms with Crippen LogP contribution < -0.4 is 18.5 Å². The van der Waals surface area contributed by atoms with Crippen LogP contribution in [0.4, 0.5) is 37.7 Å². The number of rotatable bonds is 12. The van der Waals surface area contributed by atoms with E-state index >= 15 is 0 Å². The number of hydrogen-bond acceptors (Lipinski definition) is 11. The van der Waals surface area contributed by atoms with E-state index in [1.54, 1.807) is 0 Å². The molecule has 0 bridgehead atoms. The molecular formula is C40H28Cl4F6N6O9S2. The molecule has 27 heteroatoms. The molecule has 0 spiro atoms. The van der Waals surface area contributed by atoms with E-state index in [-0.39, 0.29) is 55.3 Å². The SMILES string of the molecule is COCN(c1cc(Cl)cnc1C(=O)c1cc[n+]([O-])c(C)c1)S(=O)(=O)c1ccc(Cl)c(C(F)(F)F)c1.Cc1cc(C(=O)c2ncc(Cl)cc2NS(=O)(=O)c2ccc(Cl)c(C(F)(F)F)c2)cc[n+]1[O-]. The molecule has 0 aliphatic rings. The Kier molecular flexibility index (Phi) is 15.7. The molecule has 0 saturated heterocycles. The van der Waals surface area contributed by atoms with Gasteiger partial charge in [-0.15, -0.1) is 0 Å². The number of benzene rings is 2. The fourth-order valence-corrected chi connectivity index (χ4v) is 8.99. The number of carbonyl (C=O) groups excluding carboxylic acids is 2. The molecule has 4 aromatic heterocycles. The van der Waals surface area contributed by atoms with Gasteiger partial charge in [-0.25, -0.2) is 31.1 Å². The molecule has 67 heavy (non-hydrogen) atoms. The summed E-state index contributed by atoms with van der Waals surface area (Å²) < 4.78 is 140. The van der Waals surface area contributed by atoms with Crippen LogP contribution in [0.2, 0.25) is 20.1 Å². The molecule has 15 nitrogen and oxygen atoms in total. The quantitative estimate of drug-likeness (QED) is 0.0403. The fourth-order valence-electron chi connectivity index (χ4n) is 5.74.